The lowest BCUT2D eigenvalue weighted by Gasteiger charge is -2.59. The third-order valence-corrected chi connectivity index (χ3v) is 12.3. The number of oxime groups is 1. The molecule has 1 fully saturated rings. The van der Waals surface area contributed by atoms with E-state index in [1.165, 1.54) is 0 Å². The fourth-order valence-corrected chi connectivity index (χ4v) is 9.51. The van der Waals surface area contributed by atoms with E-state index in [2.05, 4.69) is 18.0 Å². The highest BCUT2D eigenvalue weighted by Gasteiger charge is 2.65. The van der Waals surface area contributed by atoms with Crippen LogP contribution in [0.3, 0.4) is 0 Å². The summed E-state index contributed by atoms with van der Waals surface area (Å²) in [4.78, 5) is 35.3. The van der Waals surface area contributed by atoms with Crippen LogP contribution in [0.15, 0.2) is 108 Å². The predicted octanol–water partition coefficient (Wildman–Crippen LogP) is 7.29. The van der Waals surface area contributed by atoms with Crippen LogP contribution in [0.4, 0.5) is 9.59 Å². The second kappa shape index (κ2) is 26.2. The first-order valence-electron chi connectivity index (χ1n) is 23.3. The van der Waals surface area contributed by atoms with Crippen molar-refractivity contribution in [2.45, 2.75) is 82.8 Å². The van der Waals surface area contributed by atoms with Crippen molar-refractivity contribution in [1.29, 1.82) is 0 Å². The molecule has 0 radical (unpaired) electrons. The number of carbonyl (C=O) groups is 2. The largest absolute Gasteiger partial charge is 0.459 e. The van der Waals surface area contributed by atoms with E-state index in [-0.39, 0.29) is 90.1 Å². The molecule has 3 aromatic carbocycles. The second-order valence-electron chi connectivity index (χ2n) is 16.6. The van der Waals surface area contributed by atoms with E-state index in [0.717, 1.165) is 47.9 Å². The minimum absolute atomic E-state index is 0.000468. The Labute approximate surface area is 388 Å². The highest BCUT2D eigenvalue weighted by Crippen LogP contribution is 2.62. The number of carbonyl (C=O) groups excluding carboxylic acids is 2. The first-order valence-corrected chi connectivity index (χ1v) is 23.3. The van der Waals surface area contributed by atoms with Crippen molar-refractivity contribution < 1.29 is 58.2 Å². The maximum atomic E-state index is 14.6. The van der Waals surface area contributed by atoms with Gasteiger partial charge >= 0.3 is 12.2 Å². The second-order valence-corrected chi connectivity index (χ2v) is 16.6. The van der Waals surface area contributed by atoms with Crippen molar-refractivity contribution >= 4 is 17.9 Å². The number of hydrogen-bond donors (Lipinski definition) is 4. The van der Waals surface area contributed by atoms with Gasteiger partial charge in [0.2, 0.25) is 5.79 Å². The maximum absolute atomic E-state index is 14.6. The van der Waals surface area contributed by atoms with Gasteiger partial charge in [-0.15, -0.1) is 6.58 Å². The first kappa shape index (κ1) is 50.1. The van der Waals surface area contributed by atoms with Crippen LogP contribution in [0.5, 0.6) is 11.5 Å². The number of nitrogens with zero attached hydrogens (tertiary/aromatic N) is 2. The van der Waals surface area contributed by atoms with E-state index in [1.807, 2.05) is 73.7 Å². The highest BCUT2D eigenvalue weighted by atomic mass is 16.7. The first-order chi connectivity index (χ1) is 32.4. The van der Waals surface area contributed by atoms with Gasteiger partial charge in [-0.25, -0.2) is 9.59 Å². The summed E-state index contributed by atoms with van der Waals surface area (Å²) in [7, 11) is 0. The molecule has 1 aliphatic heterocycles. The van der Waals surface area contributed by atoms with Gasteiger partial charge in [-0.2, -0.15) is 0 Å². The third-order valence-electron chi connectivity index (χ3n) is 12.3. The molecule has 0 saturated heterocycles. The number of aliphatic hydroxyl groups is 3. The summed E-state index contributed by atoms with van der Waals surface area (Å²) >= 11 is 0. The van der Waals surface area contributed by atoms with Crippen molar-refractivity contribution in [3.05, 3.63) is 120 Å². The van der Waals surface area contributed by atoms with Crippen molar-refractivity contribution in [3.63, 3.8) is 0 Å². The lowest BCUT2D eigenvalue weighted by atomic mass is 9.55. The van der Waals surface area contributed by atoms with Crippen molar-refractivity contribution in [2.75, 3.05) is 66.0 Å². The zero-order valence-corrected chi connectivity index (χ0v) is 38.1. The molecular formula is C51H67N3O12. The SMILES string of the molecule is C=CCO[C@@]12Oc3ccc(OC(=O)NCc4ccccc4)cc3[C@H]3[C@H](CCCCO)[C@@H](CCCCO)C=C(C(=NOCC)C[C@@H]1N(CCOCCO)C(=O)OCCOCc1ccccc1)[C@H]32. The van der Waals surface area contributed by atoms with E-state index in [0.29, 0.717) is 43.3 Å². The minimum Gasteiger partial charge on any atom is -0.459 e. The summed E-state index contributed by atoms with van der Waals surface area (Å²) in [5.41, 5.74) is 4.19. The number of unbranched alkanes of at least 4 members (excludes halogenated alkanes) is 2. The quantitative estimate of drug-likeness (QED) is 0.0341. The number of nitrogens with one attached hydrogen (secondary N) is 1. The van der Waals surface area contributed by atoms with Crippen LogP contribution >= 0.6 is 0 Å². The minimum atomic E-state index is -1.55. The average molecular weight is 914 g/mol. The molecular weight excluding hydrogens is 847 g/mol. The Morgan fingerprint density at radius 1 is 0.894 bits per heavy atom. The van der Waals surface area contributed by atoms with Gasteiger partial charge in [-0.05, 0) is 79.3 Å². The fourth-order valence-electron chi connectivity index (χ4n) is 9.51. The molecule has 0 unspecified atom stereocenters. The topological polar surface area (TPSA) is 187 Å². The molecule has 66 heavy (non-hydrogen) atoms. The molecule has 358 valence electrons. The molecule has 2 amide bonds. The van der Waals surface area contributed by atoms with Crippen LogP contribution in [0.2, 0.25) is 0 Å². The molecule has 1 saturated carbocycles. The summed E-state index contributed by atoms with van der Waals surface area (Å²) in [6.45, 7) is 7.08. The fraction of sp³-hybridized carbons (Fsp3) is 0.510. The molecule has 1 heterocycles. The smallest absolute Gasteiger partial charge is 0.412 e. The zero-order valence-electron chi connectivity index (χ0n) is 38.1. The summed E-state index contributed by atoms with van der Waals surface area (Å²) in [5.74, 6) is -1.74. The molecule has 3 aliphatic rings. The van der Waals surface area contributed by atoms with Crippen LogP contribution in [-0.2, 0) is 36.9 Å². The van der Waals surface area contributed by atoms with Crippen LogP contribution in [-0.4, -0.2) is 116 Å². The number of benzene rings is 3. The monoisotopic (exact) mass is 913 g/mol. The number of amides is 2. The normalized spacial score (nSPS) is 22.3. The zero-order chi connectivity index (χ0) is 46.6. The number of hydrogen-bond acceptors (Lipinski definition) is 13. The van der Waals surface area contributed by atoms with Gasteiger partial charge in [-0.3, -0.25) is 4.90 Å². The Bertz CT molecular complexity index is 2030. The Hall–Kier alpha value is -5.29. The van der Waals surface area contributed by atoms with Gasteiger partial charge in [0.1, 0.15) is 30.8 Å². The molecule has 0 bridgehead atoms. The van der Waals surface area contributed by atoms with E-state index >= 15 is 0 Å². The van der Waals surface area contributed by atoms with E-state index in [4.69, 9.17) is 38.4 Å². The molecule has 3 aromatic rings. The Morgan fingerprint density at radius 3 is 2.35 bits per heavy atom. The van der Waals surface area contributed by atoms with Crippen LogP contribution in [0.1, 0.15) is 74.5 Å². The average Bonchev–Trinajstić information content (AvgIpc) is 3.34. The summed E-state index contributed by atoms with van der Waals surface area (Å²) < 4.78 is 37.8. The third kappa shape index (κ3) is 13.0. The van der Waals surface area contributed by atoms with Crippen molar-refractivity contribution in [1.82, 2.24) is 10.2 Å². The Kier molecular flexibility index (Phi) is 19.9. The molecule has 6 rings (SSSR count). The molecule has 6 atom stereocenters. The molecule has 0 spiro atoms. The van der Waals surface area contributed by atoms with Crippen molar-refractivity contribution in [2.24, 2.45) is 22.9 Å². The number of allylic oxidation sites excluding steroid dienone is 1. The Balaban J connectivity index is 1.44. The Morgan fingerprint density at radius 2 is 1.64 bits per heavy atom. The summed E-state index contributed by atoms with van der Waals surface area (Å²) in [5, 5.41) is 37.0. The van der Waals surface area contributed by atoms with E-state index < -0.39 is 29.9 Å². The van der Waals surface area contributed by atoms with Crippen molar-refractivity contribution in [3.8, 4) is 11.5 Å². The molecule has 15 nitrogen and oxygen atoms in total. The molecule has 4 N–H and O–H groups in total. The van der Waals surface area contributed by atoms with Gasteiger partial charge in [0.15, 0.2) is 0 Å². The summed E-state index contributed by atoms with van der Waals surface area (Å²) in [6, 6.07) is 23.8. The van der Waals surface area contributed by atoms with Gasteiger partial charge < -0.3 is 53.9 Å². The van der Waals surface area contributed by atoms with E-state index in [1.54, 1.807) is 23.1 Å². The van der Waals surface area contributed by atoms with Gasteiger partial charge in [-0.1, -0.05) is 90.8 Å². The van der Waals surface area contributed by atoms with Crippen LogP contribution in [0, 0.1) is 17.8 Å². The van der Waals surface area contributed by atoms with Crippen LogP contribution in [0.25, 0.3) is 0 Å². The summed E-state index contributed by atoms with van der Waals surface area (Å²) in [6.07, 6.45) is 7.03. The molecule has 0 aromatic heterocycles. The standard InChI is InChI=1S/C51H67N3O12/c1-3-27-63-51-46(54(23-28-60-29-26-57)50(59)62-31-30-61-36-38-17-9-6-10-18-38)34-44(53-64-4-2)42-32-39(19-11-13-24-55)41(20-12-14-25-56)47(48(42)51)43-33-40(21-22-45(43)66-51)65-49(58)52-35-37-15-7-5-8-16-37/h3,5-10,15-18,21-22,32-33,39,41,46-48,55-57H,1,4,11-14,19-20,23-31,34-36H2,2H3,(H,52,58)/t39-,41+,46-,47+,48+,51+/m0/s1. The lowest BCUT2D eigenvalue weighted by Crippen LogP contribution is -2.70. The number of ether oxygens (including phenoxy) is 6. The molecule has 2 aliphatic carbocycles. The maximum Gasteiger partial charge on any atom is 0.412 e. The number of aliphatic hydroxyl groups excluding tert-OH is 3. The van der Waals surface area contributed by atoms with Gasteiger partial charge in [0.25, 0.3) is 0 Å². The predicted molar refractivity (Wildman–Crippen MR) is 248 cm³/mol. The highest BCUT2D eigenvalue weighted by molar-refractivity contribution is 6.03. The lowest BCUT2D eigenvalue weighted by molar-refractivity contribution is -0.256. The number of fused-ring (bicyclic) bond motifs is 2. The van der Waals surface area contributed by atoms with Crippen LogP contribution < -0.4 is 14.8 Å². The van der Waals surface area contributed by atoms with Gasteiger partial charge in [0, 0.05) is 44.2 Å². The molecule has 15 heteroatoms. The van der Waals surface area contributed by atoms with E-state index in [9.17, 15) is 24.9 Å². The van der Waals surface area contributed by atoms with Gasteiger partial charge in [0.05, 0.1) is 51.3 Å². The number of rotatable bonds is 27.